The lowest BCUT2D eigenvalue weighted by molar-refractivity contribution is 0.132. The van der Waals surface area contributed by atoms with E-state index >= 15 is 0 Å². The Morgan fingerprint density at radius 1 is 1.39 bits per heavy atom. The van der Waals surface area contributed by atoms with E-state index in [9.17, 15) is 0 Å². The molecule has 3 heteroatoms. The normalized spacial score (nSPS) is 38.9. The molecule has 3 aliphatic rings. The van der Waals surface area contributed by atoms with Gasteiger partial charge in [-0.1, -0.05) is 24.3 Å². The molecule has 0 aromatic carbocycles. The number of fused-ring (bicyclic) bond motifs is 1. The van der Waals surface area contributed by atoms with Crippen LogP contribution >= 0.6 is 0 Å². The Hall–Kier alpha value is -1.22. The van der Waals surface area contributed by atoms with Crippen molar-refractivity contribution in [3.63, 3.8) is 0 Å². The van der Waals surface area contributed by atoms with Gasteiger partial charge in [0.05, 0.1) is 5.54 Å². The smallest absolute Gasteiger partial charge is 0.110 e. The van der Waals surface area contributed by atoms with Gasteiger partial charge in [0.15, 0.2) is 0 Å². The van der Waals surface area contributed by atoms with E-state index in [0.717, 1.165) is 19.5 Å². The molecule has 96 valence electrons. The fourth-order valence-electron chi connectivity index (χ4n) is 3.08. The molecule has 0 spiro atoms. The standard InChI is InChI=1S/C15H21N3/c1-15-7-8-18(10-13-5-3-2-4-6-13)11-14(15)9-16-12-17-15/h2-5,9,12-14H,6-8,10-11H2,1H3. The fourth-order valence-corrected chi connectivity index (χ4v) is 3.08. The van der Waals surface area contributed by atoms with E-state index in [1.54, 1.807) is 6.34 Å². The van der Waals surface area contributed by atoms with Gasteiger partial charge in [0.2, 0.25) is 0 Å². The van der Waals surface area contributed by atoms with Crippen LogP contribution in [-0.4, -0.2) is 42.6 Å². The van der Waals surface area contributed by atoms with Crippen molar-refractivity contribution in [2.24, 2.45) is 21.8 Å². The van der Waals surface area contributed by atoms with Gasteiger partial charge in [-0.15, -0.1) is 0 Å². The number of hydrogen-bond acceptors (Lipinski definition) is 3. The Bertz CT molecular complexity index is 421. The molecule has 3 rings (SSSR count). The van der Waals surface area contributed by atoms with Crippen LogP contribution < -0.4 is 0 Å². The summed E-state index contributed by atoms with van der Waals surface area (Å²) >= 11 is 0. The first-order valence-corrected chi connectivity index (χ1v) is 6.89. The van der Waals surface area contributed by atoms with Crippen molar-refractivity contribution in [1.29, 1.82) is 0 Å². The van der Waals surface area contributed by atoms with Gasteiger partial charge in [0.25, 0.3) is 0 Å². The zero-order valence-electron chi connectivity index (χ0n) is 11.0. The molecular formula is C15H21N3. The van der Waals surface area contributed by atoms with E-state index < -0.39 is 0 Å². The second kappa shape index (κ2) is 4.81. The first-order chi connectivity index (χ1) is 8.76. The summed E-state index contributed by atoms with van der Waals surface area (Å²) in [5, 5.41) is 0. The monoisotopic (exact) mass is 243 g/mol. The third-order valence-corrected chi connectivity index (χ3v) is 4.44. The zero-order valence-corrected chi connectivity index (χ0v) is 11.0. The summed E-state index contributed by atoms with van der Waals surface area (Å²) in [4.78, 5) is 11.4. The van der Waals surface area contributed by atoms with Crippen LogP contribution in [0.1, 0.15) is 19.8 Å². The maximum atomic E-state index is 4.59. The Kier molecular flexibility index (Phi) is 3.16. The molecule has 0 amide bonds. The van der Waals surface area contributed by atoms with Crippen molar-refractivity contribution < 1.29 is 0 Å². The number of hydrogen-bond donors (Lipinski definition) is 0. The molecule has 2 heterocycles. The third kappa shape index (κ3) is 2.32. The number of aliphatic imine (C=N–C) groups is 2. The minimum absolute atomic E-state index is 0.0978. The van der Waals surface area contributed by atoms with Gasteiger partial charge in [0.1, 0.15) is 6.34 Å². The molecule has 3 atom stereocenters. The average molecular weight is 243 g/mol. The van der Waals surface area contributed by atoms with Crippen LogP contribution in [0.3, 0.4) is 0 Å². The van der Waals surface area contributed by atoms with Gasteiger partial charge in [-0.25, -0.2) is 4.99 Å². The second-order valence-electron chi connectivity index (χ2n) is 5.82. The summed E-state index contributed by atoms with van der Waals surface area (Å²) in [6.07, 6.45) is 15.1. The molecule has 0 radical (unpaired) electrons. The van der Waals surface area contributed by atoms with Crippen molar-refractivity contribution in [3.8, 4) is 0 Å². The van der Waals surface area contributed by atoms with E-state index in [4.69, 9.17) is 0 Å². The maximum Gasteiger partial charge on any atom is 0.110 e. The highest BCUT2D eigenvalue weighted by Crippen LogP contribution is 2.32. The number of rotatable bonds is 2. The van der Waals surface area contributed by atoms with Crippen molar-refractivity contribution in [3.05, 3.63) is 24.3 Å². The van der Waals surface area contributed by atoms with E-state index in [0.29, 0.717) is 11.8 Å². The largest absolute Gasteiger partial charge is 0.302 e. The summed E-state index contributed by atoms with van der Waals surface area (Å²) in [6, 6.07) is 0. The molecule has 2 aliphatic heterocycles. The highest BCUT2D eigenvalue weighted by Gasteiger charge is 2.39. The molecule has 1 saturated heterocycles. The summed E-state index contributed by atoms with van der Waals surface area (Å²) in [7, 11) is 0. The Morgan fingerprint density at radius 3 is 3.17 bits per heavy atom. The van der Waals surface area contributed by atoms with Crippen LogP contribution in [0, 0.1) is 11.8 Å². The van der Waals surface area contributed by atoms with Gasteiger partial charge < -0.3 is 4.90 Å². The summed E-state index contributed by atoms with van der Waals surface area (Å²) in [5.74, 6) is 1.17. The van der Waals surface area contributed by atoms with E-state index in [1.807, 2.05) is 0 Å². The minimum atomic E-state index is 0.0978. The van der Waals surface area contributed by atoms with Gasteiger partial charge >= 0.3 is 0 Å². The van der Waals surface area contributed by atoms with Crippen LogP contribution in [0.25, 0.3) is 0 Å². The summed E-state index contributed by atoms with van der Waals surface area (Å²) in [6.45, 7) is 5.70. The van der Waals surface area contributed by atoms with Crippen LogP contribution in [0.15, 0.2) is 34.3 Å². The van der Waals surface area contributed by atoms with Crippen LogP contribution in [0.2, 0.25) is 0 Å². The SMILES string of the molecule is CC12CCN(CC3C=CC=CC3)CC1C=NC=N2. The Balaban J connectivity index is 1.60. The first kappa shape index (κ1) is 11.8. The molecule has 3 unspecified atom stereocenters. The molecular weight excluding hydrogens is 222 g/mol. The Morgan fingerprint density at radius 2 is 2.33 bits per heavy atom. The van der Waals surface area contributed by atoms with Crippen LogP contribution in [-0.2, 0) is 0 Å². The number of allylic oxidation sites excluding steroid dienone is 3. The number of likely N-dealkylation sites (tertiary alicyclic amines) is 1. The summed E-state index contributed by atoms with van der Waals surface area (Å²) < 4.78 is 0. The minimum Gasteiger partial charge on any atom is -0.302 e. The third-order valence-electron chi connectivity index (χ3n) is 4.44. The highest BCUT2D eigenvalue weighted by molar-refractivity contribution is 5.78. The molecule has 0 saturated carbocycles. The molecule has 1 aliphatic carbocycles. The first-order valence-electron chi connectivity index (χ1n) is 6.89. The van der Waals surface area contributed by atoms with Crippen molar-refractivity contribution in [2.75, 3.05) is 19.6 Å². The molecule has 0 N–H and O–H groups in total. The van der Waals surface area contributed by atoms with E-state index in [1.165, 1.54) is 13.0 Å². The topological polar surface area (TPSA) is 28.0 Å². The second-order valence-corrected chi connectivity index (χ2v) is 5.82. The maximum absolute atomic E-state index is 4.59. The van der Waals surface area contributed by atoms with Gasteiger partial charge in [0, 0.05) is 31.8 Å². The molecule has 0 bridgehead atoms. The Labute approximate surface area is 109 Å². The molecule has 0 aromatic heterocycles. The number of piperidine rings is 1. The quantitative estimate of drug-likeness (QED) is 0.731. The average Bonchev–Trinajstić information content (AvgIpc) is 2.40. The zero-order chi connectivity index (χ0) is 12.4. The van der Waals surface area contributed by atoms with Crippen LogP contribution in [0.5, 0.6) is 0 Å². The predicted molar refractivity (Wildman–Crippen MR) is 76.3 cm³/mol. The predicted octanol–water partition coefficient (Wildman–Crippen LogP) is 2.31. The lowest BCUT2D eigenvalue weighted by Crippen LogP contribution is -2.51. The molecule has 18 heavy (non-hydrogen) atoms. The van der Waals surface area contributed by atoms with Crippen LogP contribution in [0.4, 0.5) is 0 Å². The van der Waals surface area contributed by atoms with E-state index in [-0.39, 0.29) is 5.54 Å². The molecule has 0 aromatic rings. The van der Waals surface area contributed by atoms with Crippen molar-refractivity contribution in [1.82, 2.24) is 4.90 Å². The van der Waals surface area contributed by atoms with Gasteiger partial charge in [-0.05, 0) is 25.7 Å². The summed E-state index contributed by atoms with van der Waals surface area (Å²) in [5.41, 5.74) is 0.0978. The lowest BCUT2D eigenvalue weighted by atomic mass is 9.79. The van der Waals surface area contributed by atoms with Crippen molar-refractivity contribution >= 4 is 12.6 Å². The molecule has 1 fully saturated rings. The molecule has 3 nitrogen and oxygen atoms in total. The lowest BCUT2D eigenvalue weighted by Gasteiger charge is -2.43. The van der Waals surface area contributed by atoms with Crippen molar-refractivity contribution in [2.45, 2.75) is 25.3 Å². The highest BCUT2D eigenvalue weighted by atomic mass is 15.2. The fraction of sp³-hybridized carbons (Fsp3) is 0.600. The van der Waals surface area contributed by atoms with E-state index in [2.05, 4.69) is 52.3 Å². The number of nitrogens with zero attached hydrogens (tertiary/aromatic N) is 3. The van der Waals surface area contributed by atoms with Gasteiger partial charge in [-0.3, -0.25) is 4.99 Å². The van der Waals surface area contributed by atoms with Gasteiger partial charge in [-0.2, -0.15) is 0 Å².